The monoisotopic (exact) mass is 192 g/mol. The summed E-state index contributed by atoms with van der Waals surface area (Å²) in [6.45, 7) is 4.56. The lowest BCUT2D eigenvalue weighted by atomic mass is 10.2. The van der Waals surface area contributed by atoms with Gasteiger partial charge in [-0.05, 0) is 26.2 Å². The van der Waals surface area contributed by atoms with Crippen LogP contribution in [-0.2, 0) is 0 Å². The molecule has 0 radical (unpaired) electrons. The molecular weight excluding hydrogens is 172 g/mol. The fraction of sp³-hybridized carbons (Fsp3) is 0.833. The molecule has 1 aliphatic heterocycles. The van der Waals surface area contributed by atoms with Crippen molar-refractivity contribution in [3.8, 4) is 12.3 Å². The predicted octanol–water partition coefficient (Wildman–Crippen LogP) is 1.22. The molecule has 2 unspecified atom stereocenters. The van der Waals surface area contributed by atoms with Gasteiger partial charge < -0.3 is 5.32 Å². The molecular formula is C12H20N2. The number of terminal acetylenes is 1. The second-order valence-corrected chi connectivity index (χ2v) is 4.62. The molecule has 0 bridgehead atoms. The summed E-state index contributed by atoms with van der Waals surface area (Å²) in [5.41, 5.74) is 0. The molecule has 1 saturated carbocycles. The summed E-state index contributed by atoms with van der Waals surface area (Å²) in [6.07, 6.45) is 10.2. The minimum atomic E-state index is 0.680. The minimum Gasteiger partial charge on any atom is -0.312 e. The average molecular weight is 192 g/mol. The second kappa shape index (κ2) is 4.33. The van der Waals surface area contributed by atoms with Crippen LogP contribution >= 0.6 is 0 Å². The molecule has 2 rings (SSSR count). The van der Waals surface area contributed by atoms with E-state index in [2.05, 4.69) is 23.1 Å². The van der Waals surface area contributed by atoms with E-state index < -0.39 is 0 Å². The molecule has 14 heavy (non-hydrogen) atoms. The molecule has 2 heteroatoms. The van der Waals surface area contributed by atoms with Gasteiger partial charge in [-0.3, -0.25) is 4.90 Å². The first-order valence-corrected chi connectivity index (χ1v) is 5.74. The number of nitrogens with zero attached hydrogens (tertiary/aromatic N) is 1. The Morgan fingerprint density at radius 1 is 1.50 bits per heavy atom. The number of likely N-dealkylation sites (tertiary alicyclic amines) is 1. The van der Waals surface area contributed by atoms with Crippen molar-refractivity contribution in [1.82, 2.24) is 10.2 Å². The molecule has 2 fully saturated rings. The highest BCUT2D eigenvalue weighted by Gasteiger charge is 2.38. The molecule has 2 aliphatic rings. The molecule has 2 atom stereocenters. The molecule has 0 amide bonds. The van der Waals surface area contributed by atoms with Crippen LogP contribution in [0.25, 0.3) is 0 Å². The lowest BCUT2D eigenvalue weighted by Gasteiger charge is -2.19. The molecule has 0 aromatic carbocycles. The zero-order valence-electron chi connectivity index (χ0n) is 9.00. The third-order valence-electron chi connectivity index (χ3n) is 3.34. The third-order valence-corrected chi connectivity index (χ3v) is 3.34. The van der Waals surface area contributed by atoms with Gasteiger partial charge in [-0.2, -0.15) is 0 Å². The van der Waals surface area contributed by atoms with Crippen molar-refractivity contribution in [2.75, 3.05) is 13.1 Å². The number of nitrogens with one attached hydrogen (secondary N) is 1. The van der Waals surface area contributed by atoms with Crippen molar-refractivity contribution in [3.63, 3.8) is 0 Å². The van der Waals surface area contributed by atoms with Crippen molar-refractivity contribution in [2.24, 2.45) is 0 Å². The van der Waals surface area contributed by atoms with E-state index in [-0.39, 0.29) is 0 Å². The summed E-state index contributed by atoms with van der Waals surface area (Å²) in [6, 6.07) is 2.36. The van der Waals surface area contributed by atoms with E-state index >= 15 is 0 Å². The third kappa shape index (κ3) is 2.29. The Kier molecular flexibility index (Phi) is 3.10. The van der Waals surface area contributed by atoms with Gasteiger partial charge in [0.1, 0.15) is 0 Å². The highest BCUT2D eigenvalue weighted by Crippen LogP contribution is 2.33. The van der Waals surface area contributed by atoms with Crippen LogP contribution in [0, 0.1) is 12.3 Å². The molecule has 2 nitrogen and oxygen atoms in total. The summed E-state index contributed by atoms with van der Waals surface area (Å²) < 4.78 is 0. The Balaban J connectivity index is 1.72. The highest BCUT2D eigenvalue weighted by molar-refractivity contribution is 4.96. The van der Waals surface area contributed by atoms with Gasteiger partial charge in [0, 0.05) is 37.6 Å². The number of hydrogen-bond donors (Lipinski definition) is 1. The SMILES string of the molecule is C#CCCNC1CC(C)N(C2CC2)C1. The van der Waals surface area contributed by atoms with Crippen molar-refractivity contribution >= 4 is 0 Å². The van der Waals surface area contributed by atoms with Gasteiger partial charge >= 0.3 is 0 Å². The first kappa shape index (κ1) is 10.0. The maximum absolute atomic E-state index is 5.23. The minimum absolute atomic E-state index is 0.680. The summed E-state index contributed by atoms with van der Waals surface area (Å²) in [5.74, 6) is 2.67. The average Bonchev–Trinajstić information content (AvgIpc) is 2.92. The van der Waals surface area contributed by atoms with Gasteiger partial charge in [-0.25, -0.2) is 0 Å². The lowest BCUT2D eigenvalue weighted by molar-refractivity contribution is 0.255. The van der Waals surface area contributed by atoms with Crippen LogP contribution in [0.2, 0.25) is 0 Å². The molecule has 78 valence electrons. The van der Waals surface area contributed by atoms with Crippen LogP contribution in [0.3, 0.4) is 0 Å². The van der Waals surface area contributed by atoms with Crippen molar-refractivity contribution in [3.05, 3.63) is 0 Å². The van der Waals surface area contributed by atoms with E-state index in [1.807, 2.05) is 0 Å². The summed E-state index contributed by atoms with van der Waals surface area (Å²) in [7, 11) is 0. The highest BCUT2D eigenvalue weighted by atomic mass is 15.3. The fourth-order valence-electron chi connectivity index (χ4n) is 2.47. The van der Waals surface area contributed by atoms with E-state index in [1.54, 1.807) is 0 Å². The largest absolute Gasteiger partial charge is 0.312 e. The molecule has 1 saturated heterocycles. The van der Waals surface area contributed by atoms with Gasteiger partial charge in [0.25, 0.3) is 0 Å². The Morgan fingerprint density at radius 3 is 2.93 bits per heavy atom. The molecule has 0 spiro atoms. The second-order valence-electron chi connectivity index (χ2n) is 4.62. The zero-order chi connectivity index (χ0) is 9.97. The molecule has 1 N–H and O–H groups in total. The van der Waals surface area contributed by atoms with E-state index in [0.29, 0.717) is 6.04 Å². The molecule has 0 aromatic heterocycles. The zero-order valence-corrected chi connectivity index (χ0v) is 9.00. The summed E-state index contributed by atoms with van der Waals surface area (Å²) >= 11 is 0. The maximum Gasteiger partial charge on any atom is 0.0212 e. The fourth-order valence-corrected chi connectivity index (χ4v) is 2.47. The van der Waals surface area contributed by atoms with Gasteiger partial charge in [0.2, 0.25) is 0 Å². The van der Waals surface area contributed by atoms with E-state index in [4.69, 9.17) is 6.42 Å². The molecule has 1 aliphatic carbocycles. The van der Waals surface area contributed by atoms with Crippen LogP contribution in [0.1, 0.15) is 32.6 Å². The van der Waals surface area contributed by atoms with E-state index in [9.17, 15) is 0 Å². The predicted molar refractivity (Wildman–Crippen MR) is 59.0 cm³/mol. The summed E-state index contributed by atoms with van der Waals surface area (Å²) in [4.78, 5) is 2.66. The maximum atomic E-state index is 5.23. The van der Waals surface area contributed by atoms with Crippen LogP contribution in [0.4, 0.5) is 0 Å². The molecule has 0 aromatic rings. The first-order chi connectivity index (χ1) is 6.81. The van der Waals surface area contributed by atoms with Crippen LogP contribution in [0.15, 0.2) is 0 Å². The lowest BCUT2D eigenvalue weighted by Crippen LogP contribution is -2.34. The number of rotatable bonds is 4. The van der Waals surface area contributed by atoms with Gasteiger partial charge in [0.15, 0.2) is 0 Å². The van der Waals surface area contributed by atoms with Crippen molar-refractivity contribution < 1.29 is 0 Å². The Bertz CT molecular complexity index is 227. The Labute approximate surface area is 87.1 Å². The van der Waals surface area contributed by atoms with Gasteiger partial charge in [-0.15, -0.1) is 12.3 Å². The van der Waals surface area contributed by atoms with Crippen molar-refractivity contribution in [1.29, 1.82) is 0 Å². The van der Waals surface area contributed by atoms with Crippen LogP contribution in [0.5, 0.6) is 0 Å². The van der Waals surface area contributed by atoms with Gasteiger partial charge in [0.05, 0.1) is 0 Å². The number of hydrogen-bond acceptors (Lipinski definition) is 2. The molecule has 1 heterocycles. The van der Waals surface area contributed by atoms with Gasteiger partial charge in [-0.1, -0.05) is 0 Å². The quantitative estimate of drug-likeness (QED) is 0.532. The van der Waals surface area contributed by atoms with E-state index in [1.165, 1.54) is 25.8 Å². The van der Waals surface area contributed by atoms with Crippen molar-refractivity contribution in [2.45, 2.75) is 50.7 Å². The Hall–Kier alpha value is -0.520. The smallest absolute Gasteiger partial charge is 0.0212 e. The Morgan fingerprint density at radius 2 is 2.29 bits per heavy atom. The van der Waals surface area contributed by atoms with E-state index in [0.717, 1.165) is 25.0 Å². The summed E-state index contributed by atoms with van der Waals surface area (Å²) in [5, 5.41) is 3.54. The first-order valence-electron chi connectivity index (χ1n) is 5.74. The van der Waals surface area contributed by atoms with Crippen LogP contribution in [-0.4, -0.2) is 36.1 Å². The van der Waals surface area contributed by atoms with Crippen LogP contribution < -0.4 is 5.32 Å². The normalized spacial score (nSPS) is 33.1. The topological polar surface area (TPSA) is 15.3 Å². The standard InChI is InChI=1S/C12H20N2/c1-3-4-7-13-11-8-10(2)14(9-11)12-5-6-12/h1,10-13H,4-9H2,2H3.